The molecule has 1 aliphatic heterocycles. The van der Waals surface area contributed by atoms with Crippen molar-refractivity contribution < 1.29 is 18.3 Å². The summed E-state index contributed by atoms with van der Waals surface area (Å²) in [6.07, 6.45) is 3.36. The van der Waals surface area contributed by atoms with E-state index in [1.807, 2.05) is 26.0 Å². The predicted octanol–water partition coefficient (Wildman–Crippen LogP) is 5.41. The lowest BCUT2D eigenvalue weighted by molar-refractivity contribution is -0.00545. The molecule has 0 radical (unpaired) electrons. The molecule has 1 amide bonds. The van der Waals surface area contributed by atoms with E-state index in [0.717, 1.165) is 18.9 Å². The van der Waals surface area contributed by atoms with Gasteiger partial charge in [-0.3, -0.25) is 4.79 Å². The largest absolute Gasteiger partial charge is 0.436 e. The van der Waals surface area contributed by atoms with Crippen LogP contribution in [0.2, 0.25) is 0 Å². The summed E-state index contributed by atoms with van der Waals surface area (Å²) < 4.78 is 25.8. The standard InChI is InChI=1S/C27H25FN4O3/c1-17-15-32(16-18(2)34-17)25-12-11-19(13-29-25)31-26(33)20-7-3-4-8-21(20)27-30-14-24(35-27)22-9-5-6-10-23(22)28/h3-14,17-18H,15-16H2,1-2H3,(H,31,33). The van der Waals surface area contributed by atoms with E-state index in [1.165, 1.54) is 12.3 Å². The molecule has 5 rings (SSSR count). The fourth-order valence-corrected chi connectivity index (χ4v) is 4.26. The number of hydrogen-bond donors (Lipinski definition) is 1. The molecule has 3 heterocycles. The van der Waals surface area contributed by atoms with Gasteiger partial charge in [0.05, 0.1) is 41.4 Å². The molecule has 1 N–H and O–H groups in total. The lowest BCUT2D eigenvalue weighted by Gasteiger charge is -2.36. The Labute approximate surface area is 202 Å². The molecule has 0 spiro atoms. The monoisotopic (exact) mass is 472 g/mol. The van der Waals surface area contributed by atoms with Crippen molar-refractivity contribution in [2.24, 2.45) is 0 Å². The first-order chi connectivity index (χ1) is 17.0. The van der Waals surface area contributed by atoms with Crippen LogP contribution in [0.5, 0.6) is 0 Å². The molecule has 0 bridgehead atoms. The quantitative estimate of drug-likeness (QED) is 0.418. The van der Waals surface area contributed by atoms with Crippen LogP contribution in [0.25, 0.3) is 22.8 Å². The fourth-order valence-electron chi connectivity index (χ4n) is 4.26. The Morgan fingerprint density at radius 3 is 2.37 bits per heavy atom. The van der Waals surface area contributed by atoms with Crippen LogP contribution in [0, 0.1) is 5.82 Å². The number of nitrogens with zero attached hydrogens (tertiary/aromatic N) is 3. The molecule has 0 saturated carbocycles. The van der Waals surface area contributed by atoms with Crippen LogP contribution < -0.4 is 10.2 Å². The van der Waals surface area contributed by atoms with Gasteiger partial charge in [0.2, 0.25) is 5.89 Å². The van der Waals surface area contributed by atoms with Gasteiger partial charge in [-0.1, -0.05) is 24.3 Å². The van der Waals surface area contributed by atoms with E-state index in [-0.39, 0.29) is 24.0 Å². The number of halogens is 1. The summed E-state index contributed by atoms with van der Waals surface area (Å²) in [6.45, 7) is 5.62. The van der Waals surface area contributed by atoms with Gasteiger partial charge in [0.15, 0.2) is 5.76 Å². The molecule has 1 saturated heterocycles. The minimum absolute atomic E-state index is 0.130. The number of carbonyl (C=O) groups excluding carboxylic acids is 1. The molecule has 2 aromatic carbocycles. The number of ether oxygens (including phenoxy) is 1. The number of pyridine rings is 1. The first-order valence-corrected chi connectivity index (χ1v) is 11.5. The number of rotatable bonds is 5. The lowest BCUT2D eigenvalue weighted by atomic mass is 10.1. The second kappa shape index (κ2) is 9.68. The summed E-state index contributed by atoms with van der Waals surface area (Å²) in [7, 11) is 0. The molecule has 0 aliphatic carbocycles. The number of benzene rings is 2. The third kappa shape index (κ3) is 4.93. The fraction of sp³-hybridized carbons (Fsp3) is 0.222. The van der Waals surface area contributed by atoms with E-state index in [9.17, 15) is 9.18 Å². The molecule has 1 fully saturated rings. The van der Waals surface area contributed by atoms with Gasteiger partial charge in [0.25, 0.3) is 5.91 Å². The number of morpholine rings is 1. The Hall–Kier alpha value is -4.04. The maximum Gasteiger partial charge on any atom is 0.256 e. The minimum Gasteiger partial charge on any atom is -0.436 e. The van der Waals surface area contributed by atoms with Gasteiger partial charge in [-0.25, -0.2) is 14.4 Å². The summed E-state index contributed by atoms with van der Waals surface area (Å²) in [5.74, 6) is 0.635. The van der Waals surface area contributed by atoms with E-state index >= 15 is 0 Å². The van der Waals surface area contributed by atoms with Crippen LogP contribution in [-0.4, -0.2) is 41.2 Å². The zero-order chi connectivity index (χ0) is 24.4. The maximum atomic E-state index is 14.2. The Balaban J connectivity index is 1.34. The number of amides is 1. The van der Waals surface area contributed by atoms with Crippen LogP contribution in [-0.2, 0) is 4.74 Å². The summed E-state index contributed by atoms with van der Waals surface area (Å²) >= 11 is 0. The minimum atomic E-state index is -0.404. The molecule has 7 nitrogen and oxygen atoms in total. The Kier molecular flexibility index (Phi) is 6.29. The van der Waals surface area contributed by atoms with Crippen LogP contribution in [0.15, 0.2) is 77.5 Å². The third-order valence-corrected chi connectivity index (χ3v) is 5.80. The number of aromatic nitrogens is 2. The molecule has 2 atom stereocenters. The molecule has 178 valence electrons. The van der Waals surface area contributed by atoms with Crippen molar-refractivity contribution in [3.63, 3.8) is 0 Å². The molecule has 4 aromatic rings. The Morgan fingerprint density at radius 1 is 0.943 bits per heavy atom. The van der Waals surface area contributed by atoms with Crippen LogP contribution in [0.1, 0.15) is 24.2 Å². The van der Waals surface area contributed by atoms with Crippen molar-refractivity contribution in [1.82, 2.24) is 9.97 Å². The van der Waals surface area contributed by atoms with Gasteiger partial charge in [0, 0.05) is 18.7 Å². The molecular formula is C27H25FN4O3. The molecule has 1 aliphatic rings. The topological polar surface area (TPSA) is 80.5 Å². The van der Waals surface area contributed by atoms with Crippen molar-refractivity contribution in [1.29, 1.82) is 0 Å². The predicted molar refractivity (Wildman–Crippen MR) is 132 cm³/mol. The smallest absolute Gasteiger partial charge is 0.256 e. The zero-order valence-corrected chi connectivity index (χ0v) is 19.4. The second-order valence-electron chi connectivity index (χ2n) is 8.58. The highest BCUT2D eigenvalue weighted by Crippen LogP contribution is 2.30. The van der Waals surface area contributed by atoms with Crippen molar-refractivity contribution in [2.75, 3.05) is 23.3 Å². The highest BCUT2D eigenvalue weighted by molar-refractivity contribution is 6.08. The number of hydrogen-bond acceptors (Lipinski definition) is 6. The van der Waals surface area contributed by atoms with Crippen molar-refractivity contribution in [2.45, 2.75) is 26.1 Å². The van der Waals surface area contributed by atoms with Crippen LogP contribution in [0.3, 0.4) is 0 Å². The van der Waals surface area contributed by atoms with E-state index in [4.69, 9.17) is 9.15 Å². The lowest BCUT2D eigenvalue weighted by Crippen LogP contribution is -2.45. The molecular weight excluding hydrogens is 447 g/mol. The van der Waals surface area contributed by atoms with E-state index in [2.05, 4.69) is 20.2 Å². The van der Waals surface area contributed by atoms with Crippen LogP contribution in [0.4, 0.5) is 15.9 Å². The van der Waals surface area contributed by atoms with Crippen LogP contribution >= 0.6 is 0 Å². The number of carbonyl (C=O) groups is 1. The maximum absolute atomic E-state index is 14.2. The Bertz CT molecular complexity index is 1330. The van der Waals surface area contributed by atoms with Gasteiger partial charge in [-0.05, 0) is 50.2 Å². The van der Waals surface area contributed by atoms with E-state index < -0.39 is 5.82 Å². The highest BCUT2D eigenvalue weighted by atomic mass is 19.1. The summed E-state index contributed by atoms with van der Waals surface area (Å²) in [5.41, 5.74) is 1.77. The normalized spacial score (nSPS) is 17.9. The van der Waals surface area contributed by atoms with E-state index in [0.29, 0.717) is 28.1 Å². The molecule has 8 heteroatoms. The highest BCUT2D eigenvalue weighted by Gasteiger charge is 2.23. The summed E-state index contributed by atoms with van der Waals surface area (Å²) in [6, 6.07) is 17.0. The summed E-state index contributed by atoms with van der Waals surface area (Å²) in [5, 5.41) is 2.89. The number of nitrogens with one attached hydrogen (secondary N) is 1. The number of anilines is 2. The molecule has 2 aromatic heterocycles. The average Bonchev–Trinajstić information content (AvgIpc) is 3.34. The van der Waals surface area contributed by atoms with Crippen molar-refractivity contribution >= 4 is 17.4 Å². The van der Waals surface area contributed by atoms with E-state index in [1.54, 1.807) is 48.7 Å². The third-order valence-electron chi connectivity index (χ3n) is 5.80. The van der Waals surface area contributed by atoms with Gasteiger partial charge < -0.3 is 19.4 Å². The van der Waals surface area contributed by atoms with Crippen molar-refractivity contribution in [3.8, 4) is 22.8 Å². The first-order valence-electron chi connectivity index (χ1n) is 11.5. The van der Waals surface area contributed by atoms with Gasteiger partial charge >= 0.3 is 0 Å². The van der Waals surface area contributed by atoms with Gasteiger partial charge in [-0.15, -0.1) is 0 Å². The van der Waals surface area contributed by atoms with Gasteiger partial charge in [0.1, 0.15) is 11.6 Å². The Morgan fingerprint density at radius 2 is 1.66 bits per heavy atom. The first kappa shape index (κ1) is 22.7. The van der Waals surface area contributed by atoms with Gasteiger partial charge in [-0.2, -0.15) is 0 Å². The summed E-state index contributed by atoms with van der Waals surface area (Å²) in [4.78, 5) is 24.1. The van der Waals surface area contributed by atoms with Crippen molar-refractivity contribution in [3.05, 3.63) is 84.4 Å². The average molecular weight is 473 g/mol. The molecule has 2 unspecified atom stereocenters. The SMILES string of the molecule is CC1CN(c2ccc(NC(=O)c3ccccc3-c3ncc(-c4ccccc4F)o3)cn2)CC(C)O1. The second-order valence-corrected chi connectivity index (χ2v) is 8.58. The zero-order valence-electron chi connectivity index (χ0n) is 19.4. The molecule has 35 heavy (non-hydrogen) atoms. The number of oxazole rings is 1.